The fourth-order valence-corrected chi connectivity index (χ4v) is 3.82. The smallest absolute Gasteiger partial charge is 0.256 e. The van der Waals surface area contributed by atoms with E-state index in [-0.39, 0.29) is 0 Å². The van der Waals surface area contributed by atoms with Gasteiger partial charge in [-0.05, 0) is 22.8 Å². The lowest BCUT2D eigenvalue weighted by molar-refractivity contribution is -0.319. The van der Waals surface area contributed by atoms with Crippen LogP contribution in [0, 0.1) is 0 Å². The quantitative estimate of drug-likeness (QED) is 0.363. The van der Waals surface area contributed by atoms with Crippen molar-refractivity contribution in [3.8, 4) is 0 Å². The molecule has 0 N–H and O–H groups in total. The van der Waals surface area contributed by atoms with Gasteiger partial charge in [-0.25, -0.2) is 0 Å². The molecule has 1 aliphatic rings. The lowest BCUT2D eigenvalue weighted by atomic mass is 9.96. The van der Waals surface area contributed by atoms with Gasteiger partial charge in [-0.3, -0.25) is 0 Å². The molecule has 0 amide bonds. The van der Waals surface area contributed by atoms with Crippen LogP contribution in [0.5, 0.6) is 0 Å². The average molecular weight is 406 g/mol. The molecule has 152 valence electrons. The van der Waals surface area contributed by atoms with Crippen molar-refractivity contribution in [3.63, 3.8) is 0 Å². The van der Waals surface area contributed by atoms with Crippen molar-refractivity contribution in [2.45, 2.75) is 12.1 Å². The molecule has 3 heteroatoms. The summed E-state index contributed by atoms with van der Waals surface area (Å²) in [7, 11) is 0. The SMILES string of the molecule is C(=C(c1ccccc1)c1ccccc1)C1OOC(c2ccccc2)(c2ccccc2)O1. The summed E-state index contributed by atoms with van der Waals surface area (Å²) in [4.78, 5) is 11.7. The highest BCUT2D eigenvalue weighted by Gasteiger charge is 2.46. The molecule has 4 aromatic rings. The third-order valence-electron chi connectivity index (χ3n) is 5.32. The van der Waals surface area contributed by atoms with Crippen molar-refractivity contribution in [2.24, 2.45) is 0 Å². The van der Waals surface area contributed by atoms with E-state index in [9.17, 15) is 0 Å². The summed E-state index contributed by atoms with van der Waals surface area (Å²) in [5, 5.41) is 0. The van der Waals surface area contributed by atoms with Gasteiger partial charge in [0.25, 0.3) is 5.79 Å². The van der Waals surface area contributed by atoms with Gasteiger partial charge in [0.1, 0.15) is 0 Å². The summed E-state index contributed by atoms with van der Waals surface area (Å²) in [5.41, 5.74) is 4.93. The second kappa shape index (κ2) is 8.70. The molecule has 1 aliphatic heterocycles. The standard InChI is InChI=1S/C28H22O3/c1-5-13-22(14-6-1)26(23-15-7-2-8-16-23)21-27-29-28(31-30-27,24-17-9-3-10-18-24)25-19-11-4-12-20-25/h1-21,27H. The summed E-state index contributed by atoms with van der Waals surface area (Å²) in [5.74, 6) is -1.14. The van der Waals surface area contributed by atoms with E-state index in [0.29, 0.717) is 0 Å². The predicted molar refractivity (Wildman–Crippen MR) is 121 cm³/mol. The van der Waals surface area contributed by atoms with Crippen LogP contribution in [-0.4, -0.2) is 6.29 Å². The molecule has 1 atom stereocenters. The van der Waals surface area contributed by atoms with Crippen LogP contribution < -0.4 is 0 Å². The van der Waals surface area contributed by atoms with Crippen LogP contribution in [0.1, 0.15) is 22.3 Å². The van der Waals surface area contributed by atoms with Crippen LogP contribution in [0.3, 0.4) is 0 Å². The first kappa shape index (κ1) is 19.5. The Balaban J connectivity index is 1.56. The van der Waals surface area contributed by atoms with Gasteiger partial charge >= 0.3 is 0 Å². The molecule has 1 saturated heterocycles. The van der Waals surface area contributed by atoms with Gasteiger partial charge in [-0.15, -0.1) is 0 Å². The summed E-state index contributed by atoms with van der Waals surface area (Å²) >= 11 is 0. The summed E-state index contributed by atoms with van der Waals surface area (Å²) in [6, 6.07) is 40.2. The van der Waals surface area contributed by atoms with E-state index in [1.807, 2.05) is 103 Å². The third kappa shape index (κ3) is 3.94. The molecule has 5 rings (SSSR count). The summed E-state index contributed by atoms with van der Waals surface area (Å²) in [6.45, 7) is 0. The Hall–Kier alpha value is -3.50. The van der Waals surface area contributed by atoms with E-state index in [1.165, 1.54) is 0 Å². The van der Waals surface area contributed by atoms with Gasteiger partial charge < -0.3 is 4.74 Å². The largest absolute Gasteiger partial charge is 0.303 e. The molecule has 1 heterocycles. The molecule has 31 heavy (non-hydrogen) atoms. The molecule has 0 saturated carbocycles. The molecule has 1 fully saturated rings. The van der Waals surface area contributed by atoms with E-state index in [1.54, 1.807) is 0 Å². The number of hydrogen-bond acceptors (Lipinski definition) is 3. The van der Waals surface area contributed by atoms with Crippen LogP contribution in [0.25, 0.3) is 5.57 Å². The van der Waals surface area contributed by atoms with Crippen molar-refractivity contribution in [2.75, 3.05) is 0 Å². The fraction of sp³-hybridized carbons (Fsp3) is 0.0714. The first-order chi connectivity index (χ1) is 15.4. The van der Waals surface area contributed by atoms with E-state index < -0.39 is 12.1 Å². The highest BCUT2D eigenvalue weighted by molar-refractivity contribution is 5.79. The second-order valence-corrected chi connectivity index (χ2v) is 7.33. The van der Waals surface area contributed by atoms with Gasteiger partial charge in [0.05, 0.1) is 0 Å². The van der Waals surface area contributed by atoms with Gasteiger partial charge in [0, 0.05) is 11.1 Å². The average Bonchev–Trinajstić information content (AvgIpc) is 3.30. The molecule has 0 bridgehead atoms. The van der Waals surface area contributed by atoms with Crippen LogP contribution in [-0.2, 0) is 20.3 Å². The van der Waals surface area contributed by atoms with Gasteiger partial charge in [-0.2, -0.15) is 9.78 Å². The molecule has 1 unspecified atom stereocenters. The van der Waals surface area contributed by atoms with Crippen LogP contribution in [0.4, 0.5) is 0 Å². The van der Waals surface area contributed by atoms with E-state index in [4.69, 9.17) is 14.5 Å². The van der Waals surface area contributed by atoms with Crippen LogP contribution in [0.15, 0.2) is 127 Å². The Bertz CT molecular complexity index is 1060. The van der Waals surface area contributed by atoms with Crippen molar-refractivity contribution < 1.29 is 14.5 Å². The zero-order chi connectivity index (χ0) is 20.9. The number of ether oxygens (including phenoxy) is 1. The Morgan fingerprint density at radius 2 is 1.00 bits per heavy atom. The predicted octanol–water partition coefficient (Wildman–Crippen LogP) is 6.32. The van der Waals surface area contributed by atoms with Crippen molar-refractivity contribution in [1.82, 2.24) is 0 Å². The van der Waals surface area contributed by atoms with Crippen LogP contribution in [0.2, 0.25) is 0 Å². The minimum Gasteiger partial charge on any atom is -0.303 e. The molecule has 0 radical (unpaired) electrons. The lowest BCUT2D eigenvalue weighted by Gasteiger charge is -2.25. The molecular weight excluding hydrogens is 384 g/mol. The first-order valence-electron chi connectivity index (χ1n) is 10.3. The third-order valence-corrected chi connectivity index (χ3v) is 5.32. The Labute approximate surface area is 182 Å². The Morgan fingerprint density at radius 1 is 0.581 bits per heavy atom. The van der Waals surface area contributed by atoms with Crippen molar-refractivity contribution >= 4 is 5.57 Å². The zero-order valence-electron chi connectivity index (χ0n) is 16.9. The minimum atomic E-state index is -1.14. The maximum absolute atomic E-state index is 6.47. The van der Waals surface area contributed by atoms with Crippen molar-refractivity contribution in [1.29, 1.82) is 0 Å². The molecule has 0 spiro atoms. The van der Waals surface area contributed by atoms with Crippen LogP contribution >= 0.6 is 0 Å². The summed E-state index contributed by atoms with van der Waals surface area (Å²) < 4.78 is 6.47. The second-order valence-electron chi connectivity index (χ2n) is 7.33. The maximum atomic E-state index is 6.47. The molecule has 3 nitrogen and oxygen atoms in total. The Kier molecular flexibility index (Phi) is 5.46. The normalized spacial score (nSPS) is 17.2. The topological polar surface area (TPSA) is 27.7 Å². The van der Waals surface area contributed by atoms with Crippen molar-refractivity contribution in [3.05, 3.63) is 150 Å². The highest BCUT2D eigenvalue weighted by atomic mass is 17.3. The zero-order valence-corrected chi connectivity index (χ0v) is 16.9. The fourth-order valence-electron chi connectivity index (χ4n) is 3.82. The summed E-state index contributed by atoms with van der Waals surface area (Å²) in [6.07, 6.45) is 1.29. The number of benzene rings is 4. The highest BCUT2D eigenvalue weighted by Crippen LogP contribution is 2.42. The molecular formula is C28H22O3. The monoisotopic (exact) mass is 406 g/mol. The van der Waals surface area contributed by atoms with E-state index >= 15 is 0 Å². The minimum absolute atomic E-state index is 0.684. The van der Waals surface area contributed by atoms with Gasteiger partial charge in [-0.1, -0.05) is 121 Å². The van der Waals surface area contributed by atoms with E-state index in [0.717, 1.165) is 27.8 Å². The number of rotatable bonds is 5. The lowest BCUT2D eigenvalue weighted by Crippen LogP contribution is -2.29. The van der Waals surface area contributed by atoms with E-state index in [2.05, 4.69) is 24.3 Å². The number of hydrogen-bond donors (Lipinski definition) is 0. The molecule has 0 aliphatic carbocycles. The van der Waals surface area contributed by atoms with Gasteiger partial charge in [0.15, 0.2) is 0 Å². The molecule has 0 aromatic heterocycles. The van der Waals surface area contributed by atoms with Gasteiger partial charge in [0.2, 0.25) is 6.29 Å². The maximum Gasteiger partial charge on any atom is 0.256 e. The first-order valence-corrected chi connectivity index (χ1v) is 10.3. The molecule has 4 aromatic carbocycles. The Morgan fingerprint density at radius 3 is 1.45 bits per heavy atom.